The third-order valence-corrected chi connectivity index (χ3v) is 3.65. The molecule has 9 nitrogen and oxygen atoms in total. The van der Waals surface area contributed by atoms with Gasteiger partial charge in [-0.05, 0) is 13.8 Å². The van der Waals surface area contributed by atoms with Gasteiger partial charge in [-0.25, -0.2) is 0 Å². The number of hydrogen-bond donors (Lipinski definition) is 1. The van der Waals surface area contributed by atoms with Crippen LogP contribution in [-0.2, 0) is 24.9 Å². The summed E-state index contributed by atoms with van der Waals surface area (Å²) in [5.41, 5.74) is 1.73. The van der Waals surface area contributed by atoms with Gasteiger partial charge in [0.2, 0.25) is 5.91 Å². The fourth-order valence-electron chi connectivity index (χ4n) is 2.40. The molecule has 1 atom stereocenters. The highest BCUT2D eigenvalue weighted by molar-refractivity contribution is 5.78. The second kappa shape index (κ2) is 6.59. The number of aryl methyl sites for hydroxylation is 2. The van der Waals surface area contributed by atoms with Crippen molar-refractivity contribution in [3.05, 3.63) is 39.5 Å². The molecule has 0 bridgehead atoms. The molecular formula is C14H20N6O3. The largest absolute Gasteiger partial charge is 0.352 e. The molecule has 1 unspecified atom stereocenters. The van der Waals surface area contributed by atoms with Gasteiger partial charge in [0.25, 0.3) is 0 Å². The SMILES string of the molecule is Cc1nn(CC(C)C(=O)NCc2cnn(C)c2)c(C)c1[N+](=O)[O-]. The molecule has 2 heterocycles. The van der Waals surface area contributed by atoms with Gasteiger partial charge in [-0.15, -0.1) is 0 Å². The van der Waals surface area contributed by atoms with E-state index in [0.717, 1.165) is 5.56 Å². The van der Waals surface area contributed by atoms with Crippen LogP contribution in [0.25, 0.3) is 0 Å². The standard InChI is InChI=1S/C14H20N6O3/c1-9(14(21)15-5-12-6-16-18(4)8-12)7-19-11(3)13(20(22)23)10(2)17-19/h6,8-9H,5,7H2,1-4H3,(H,15,21). The van der Waals surface area contributed by atoms with Crippen LogP contribution in [0, 0.1) is 29.9 Å². The zero-order chi connectivity index (χ0) is 17.1. The Morgan fingerprint density at radius 2 is 2.17 bits per heavy atom. The Morgan fingerprint density at radius 1 is 1.48 bits per heavy atom. The van der Waals surface area contributed by atoms with Crippen molar-refractivity contribution in [2.75, 3.05) is 0 Å². The molecule has 2 aromatic heterocycles. The Kier molecular flexibility index (Phi) is 4.77. The lowest BCUT2D eigenvalue weighted by molar-refractivity contribution is -0.386. The normalized spacial score (nSPS) is 12.2. The summed E-state index contributed by atoms with van der Waals surface area (Å²) in [6.07, 6.45) is 3.52. The summed E-state index contributed by atoms with van der Waals surface area (Å²) < 4.78 is 3.18. The van der Waals surface area contributed by atoms with Gasteiger partial charge in [0.05, 0.1) is 23.6 Å². The van der Waals surface area contributed by atoms with E-state index in [0.29, 0.717) is 24.5 Å². The molecule has 0 saturated heterocycles. The monoisotopic (exact) mass is 320 g/mol. The summed E-state index contributed by atoms with van der Waals surface area (Å²) in [5, 5.41) is 22.0. The molecule has 0 fully saturated rings. The summed E-state index contributed by atoms with van der Waals surface area (Å²) in [4.78, 5) is 22.7. The zero-order valence-corrected chi connectivity index (χ0v) is 13.6. The molecule has 0 spiro atoms. The third kappa shape index (κ3) is 3.74. The molecule has 2 rings (SSSR count). The number of rotatable bonds is 6. The van der Waals surface area contributed by atoms with E-state index in [1.807, 2.05) is 13.2 Å². The quantitative estimate of drug-likeness (QED) is 0.633. The maximum atomic E-state index is 12.2. The van der Waals surface area contributed by atoms with Crippen LogP contribution in [0.2, 0.25) is 0 Å². The highest BCUT2D eigenvalue weighted by Gasteiger charge is 2.24. The number of amides is 1. The maximum absolute atomic E-state index is 12.2. The number of aromatic nitrogens is 4. The van der Waals surface area contributed by atoms with Crippen molar-refractivity contribution in [2.45, 2.75) is 33.9 Å². The van der Waals surface area contributed by atoms with Gasteiger partial charge in [0.15, 0.2) is 0 Å². The highest BCUT2D eigenvalue weighted by Crippen LogP contribution is 2.22. The Bertz CT molecular complexity index is 733. The van der Waals surface area contributed by atoms with Gasteiger partial charge in [-0.1, -0.05) is 6.92 Å². The number of carbonyl (C=O) groups is 1. The van der Waals surface area contributed by atoms with Crippen LogP contribution in [0.1, 0.15) is 23.9 Å². The van der Waals surface area contributed by atoms with Gasteiger partial charge in [0, 0.05) is 25.4 Å². The molecule has 1 N–H and O–H groups in total. The van der Waals surface area contributed by atoms with Crippen LogP contribution in [0.15, 0.2) is 12.4 Å². The average Bonchev–Trinajstić information content (AvgIpc) is 3.00. The zero-order valence-electron chi connectivity index (χ0n) is 13.6. The lowest BCUT2D eigenvalue weighted by atomic mass is 10.1. The number of hydrogen-bond acceptors (Lipinski definition) is 5. The van der Waals surface area contributed by atoms with Crippen LogP contribution < -0.4 is 5.32 Å². The van der Waals surface area contributed by atoms with E-state index >= 15 is 0 Å². The van der Waals surface area contributed by atoms with Crippen molar-refractivity contribution >= 4 is 11.6 Å². The first-order valence-corrected chi connectivity index (χ1v) is 7.23. The molecule has 2 aromatic rings. The van der Waals surface area contributed by atoms with Crippen molar-refractivity contribution in [1.29, 1.82) is 0 Å². The van der Waals surface area contributed by atoms with Crippen molar-refractivity contribution in [2.24, 2.45) is 13.0 Å². The molecule has 0 aliphatic heterocycles. The fourth-order valence-corrected chi connectivity index (χ4v) is 2.40. The molecule has 0 aromatic carbocycles. The molecular weight excluding hydrogens is 300 g/mol. The lowest BCUT2D eigenvalue weighted by Gasteiger charge is -2.12. The lowest BCUT2D eigenvalue weighted by Crippen LogP contribution is -2.31. The number of nitrogens with one attached hydrogen (secondary N) is 1. The minimum Gasteiger partial charge on any atom is -0.352 e. The van der Waals surface area contributed by atoms with E-state index in [9.17, 15) is 14.9 Å². The summed E-state index contributed by atoms with van der Waals surface area (Å²) in [5.74, 6) is -0.492. The predicted molar refractivity (Wildman–Crippen MR) is 82.6 cm³/mol. The van der Waals surface area contributed by atoms with Crippen molar-refractivity contribution in [3.63, 3.8) is 0 Å². The van der Waals surface area contributed by atoms with Crippen LogP contribution in [-0.4, -0.2) is 30.4 Å². The number of nitro groups is 1. The first kappa shape index (κ1) is 16.7. The fraction of sp³-hybridized carbons (Fsp3) is 0.500. The predicted octanol–water partition coefficient (Wildman–Crippen LogP) is 1.09. The molecule has 1 amide bonds. The van der Waals surface area contributed by atoms with Crippen LogP contribution in [0.3, 0.4) is 0 Å². The Balaban J connectivity index is 1.98. The summed E-state index contributed by atoms with van der Waals surface area (Å²) >= 11 is 0. The van der Waals surface area contributed by atoms with Crippen molar-refractivity contribution < 1.29 is 9.72 Å². The van der Waals surface area contributed by atoms with Gasteiger partial charge >= 0.3 is 5.69 Å². The maximum Gasteiger partial charge on any atom is 0.312 e. The van der Waals surface area contributed by atoms with Gasteiger partial charge in [-0.2, -0.15) is 10.2 Å². The molecule has 9 heteroatoms. The summed E-state index contributed by atoms with van der Waals surface area (Å²) in [6, 6.07) is 0. The van der Waals surface area contributed by atoms with E-state index in [1.54, 1.807) is 31.6 Å². The van der Waals surface area contributed by atoms with E-state index in [4.69, 9.17) is 0 Å². The first-order valence-electron chi connectivity index (χ1n) is 7.23. The van der Waals surface area contributed by atoms with Gasteiger partial charge in [-0.3, -0.25) is 24.3 Å². The van der Waals surface area contributed by atoms with Crippen molar-refractivity contribution in [3.8, 4) is 0 Å². The Labute approximate surface area is 133 Å². The molecule has 23 heavy (non-hydrogen) atoms. The van der Waals surface area contributed by atoms with Gasteiger partial charge in [0.1, 0.15) is 11.4 Å². The van der Waals surface area contributed by atoms with Crippen LogP contribution >= 0.6 is 0 Å². The topological polar surface area (TPSA) is 108 Å². The van der Waals surface area contributed by atoms with Crippen LogP contribution in [0.5, 0.6) is 0 Å². The minimum atomic E-state index is -0.443. The number of nitrogens with zero attached hydrogens (tertiary/aromatic N) is 5. The van der Waals surface area contributed by atoms with E-state index < -0.39 is 4.92 Å². The Morgan fingerprint density at radius 3 is 2.70 bits per heavy atom. The van der Waals surface area contributed by atoms with Crippen LogP contribution in [0.4, 0.5) is 5.69 Å². The smallest absolute Gasteiger partial charge is 0.312 e. The number of carbonyl (C=O) groups excluding carboxylic acids is 1. The molecule has 124 valence electrons. The molecule has 0 radical (unpaired) electrons. The third-order valence-electron chi connectivity index (χ3n) is 3.65. The molecule has 0 saturated carbocycles. The minimum absolute atomic E-state index is 0.00738. The van der Waals surface area contributed by atoms with E-state index in [-0.39, 0.29) is 17.5 Å². The van der Waals surface area contributed by atoms with Crippen molar-refractivity contribution in [1.82, 2.24) is 24.9 Å². The second-order valence-corrected chi connectivity index (χ2v) is 5.60. The van der Waals surface area contributed by atoms with E-state index in [2.05, 4.69) is 15.5 Å². The summed E-state index contributed by atoms with van der Waals surface area (Å²) in [7, 11) is 1.81. The second-order valence-electron chi connectivity index (χ2n) is 5.60. The molecule has 0 aliphatic rings. The summed E-state index contributed by atoms with van der Waals surface area (Å²) in [6.45, 7) is 5.68. The molecule has 0 aliphatic carbocycles. The Hall–Kier alpha value is -2.71. The first-order chi connectivity index (χ1) is 10.8. The highest BCUT2D eigenvalue weighted by atomic mass is 16.6. The van der Waals surface area contributed by atoms with E-state index in [1.165, 1.54) is 4.68 Å². The average molecular weight is 320 g/mol. The van der Waals surface area contributed by atoms with Gasteiger partial charge < -0.3 is 5.32 Å².